The van der Waals surface area contributed by atoms with Crippen LogP contribution in [0.5, 0.6) is 5.75 Å². The summed E-state index contributed by atoms with van der Waals surface area (Å²) < 4.78 is 10.5. The van der Waals surface area contributed by atoms with Crippen molar-refractivity contribution in [2.24, 2.45) is 0 Å². The number of benzene rings is 1. The van der Waals surface area contributed by atoms with Crippen LogP contribution in [0.2, 0.25) is 0 Å². The summed E-state index contributed by atoms with van der Waals surface area (Å²) in [7, 11) is 1.67. The molecule has 1 heterocycles. The van der Waals surface area contributed by atoms with Gasteiger partial charge in [0.2, 0.25) is 0 Å². The third kappa shape index (κ3) is 3.41. The molecule has 0 atom stereocenters. The number of nitrogens with two attached hydrogens (primary N) is 1. The molecular formula is C12H16N4O3. The van der Waals surface area contributed by atoms with E-state index in [1.165, 1.54) is 0 Å². The lowest BCUT2D eigenvalue weighted by Crippen LogP contribution is -2.33. The first-order chi connectivity index (χ1) is 9.20. The first-order valence-corrected chi connectivity index (χ1v) is 5.99. The van der Waals surface area contributed by atoms with Gasteiger partial charge in [0, 0.05) is 13.7 Å². The predicted molar refractivity (Wildman–Crippen MR) is 69.5 cm³/mol. The van der Waals surface area contributed by atoms with E-state index in [1.807, 2.05) is 0 Å². The van der Waals surface area contributed by atoms with E-state index < -0.39 is 0 Å². The number of anilines is 1. The highest BCUT2D eigenvalue weighted by Gasteiger charge is 2.10. The molecule has 19 heavy (non-hydrogen) atoms. The molecule has 0 bridgehead atoms. The summed E-state index contributed by atoms with van der Waals surface area (Å²) in [5, 5.41) is 15.1. The number of ether oxygens (including phenoxy) is 2. The van der Waals surface area contributed by atoms with Gasteiger partial charge in [-0.3, -0.25) is 0 Å². The lowest BCUT2D eigenvalue weighted by Gasteiger charge is -2.06. The molecule has 0 saturated heterocycles. The van der Waals surface area contributed by atoms with Crippen molar-refractivity contribution >= 4 is 17.0 Å². The zero-order chi connectivity index (χ0) is 13.7. The Bertz CT molecular complexity index is 562. The summed E-state index contributed by atoms with van der Waals surface area (Å²) in [6.07, 6.45) is 1.83. The number of nitrogen functional groups attached to an aromatic ring is 1. The van der Waals surface area contributed by atoms with Crippen molar-refractivity contribution in [2.75, 3.05) is 26.1 Å². The monoisotopic (exact) mass is 264 g/mol. The van der Waals surface area contributed by atoms with Crippen LogP contribution in [0.3, 0.4) is 0 Å². The Morgan fingerprint density at radius 1 is 1.32 bits per heavy atom. The molecule has 2 N–H and O–H groups in total. The fraction of sp³-hybridized carbons (Fsp3) is 0.417. The molecule has 0 aliphatic carbocycles. The molecule has 0 amide bonds. The van der Waals surface area contributed by atoms with Crippen molar-refractivity contribution in [1.29, 1.82) is 0 Å². The molecule has 1 aromatic carbocycles. The van der Waals surface area contributed by atoms with E-state index in [4.69, 9.17) is 15.2 Å². The van der Waals surface area contributed by atoms with Crippen molar-refractivity contribution in [1.82, 2.24) is 10.1 Å². The van der Waals surface area contributed by atoms with Gasteiger partial charge in [-0.1, -0.05) is 0 Å². The zero-order valence-electron chi connectivity index (χ0n) is 10.7. The van der Waals surface area contributed by atoms with Crippen LogP contribution in [-0.4, -0.2) is 30.4 Å². The van der Waals surface area contributed by atoms with Crippen LogP contribution in [0.25, 0.3) is 11.0 Å². The van der Waals surface area contributed by atoms with Crippen LogP contribution in [0, 0.1) is 5.21 Å². The Labute approximate surface area is 110 Å². The van der Waals surface area contributed by atoms with Crippen LogP contribution in [0.1, 0.15) is 12.8 Å². The highest BCUT2D eigenvalue weighted by Crippen LogP contribution is 2.17. The zero-order valence-corrected chi connectivity index (χ0v) is 10.7. The third-order valence-electron chi connectivity index (χ3n) is 2.59. The Hall–Kier alpha value is -2.15. The van der Waals surface area contributed by atoms with Gasteiger partial charge >= 0.3 is 0 Å². The molecule has 7 nitrogen and oxygen atoms in total. The number of fused-ring (bicyclic) bond motifs is 1. The van der Waals surface area contributed by atoms with E-state index in [-0.39, 0.29) is 5.95 Å². The lowest BCUT2D eigenvalue weighted by molar-refractivity contribution is -0.641. The highest BCUT2D eigenvalue weighted by molar-refractivity contribution is 5.73. The number of hydrogen-bond donors (Lipinski definition) is 1. The van der Waals surface area contributed by atoms with Crippen molar-refractivity contribution in [3.8, 4) is 5.75 Å². The molecule has 102 valence electrons. The fourth-order valence-corrected chi connectivity index (χ4v) is 1.67. The second-order valence-electron chi connectivity index (χ2n) is 4.04. The summed E-state index contributed by atoms with van der Waals surface area (Å²) >= 11 is 0. The average Bonchev–Trinajstić information content (AvgIpc) is 2.39. The van der Waals surface area contributed by atoms with E-state index >= 15 is 0 Å². The summed E-state index contributed by atoms with van der Waals surface area (Å²) in [5.41, 5.74) is 6.23. The molecule has 1 aromatic heterocycles. The topological polar surface area (TPSA) is 97.2 Å². The SMILES string of the molecule is COCCCCOc1ccc2nc(N)n[n+]([O-])c2c1. The minimum absolute atomic E-state index is 0.0456. The van der Waals surface area contributed by atoms with E-state index in [9.17, 15) is 5.21 Å². The van der Waals surface area contributed by atoms with Crippen molar-refractivity contribution in [3.63, 3.8) is 0 Å². The molecule has 0 fully saturated rings. The normalized spacial score (nSPS) is 10.8. The van der Waals surface area contributed by atoms with Crippen LogP contribution < -0.4 is 15.3 Å². The maximum Gasteiger partial charge on any atom is 0.288 e. The maximum absolute atomic E-state index is 11.6. The van der Waals surface area contributed by atoms with Gasteiger partial charge in [0.15, 0.2) is 0 Å². The summed E-state index contributed by atoms with van der Waals surface area (Å²) in [4.78, 5) is 4.43. The van der Waals surface area contributed by atoms with Gasteiger partial charge in [-0.15, -0.1) is 0 Å². The summed E-state index contributed by atoms with van der Waals surface area (Å²) in [6.45, 7) is 1.29. The van der Waals surface area contributed by atoms with Gasteiger partial charge in [0.05, 0.1) is 17.8 Å². The van der Waals surface area contributed by atoms with Gasteiger partial charge < -0.3 is 20.4 Å². The summed E-state index contributed by atoms with van der Waals surface area (Å²) in [5.74, 6) is 0.568. The van der Waals surface area contributed by atoms with Crippen LogP contribution in [0.15, 0.2) is 18.2 Å². The number of unbranched alkanes of at least 4 members (excludes halogenated alkanes) is 1. The average molecular weight is 264 g/mol. The van der Waals surface area contributed by atoms with Gasteiger partial charge in [-0.25, -0.2) is 4.98 Å². The summed E-state index contributed by atoms with van der Waals surface area (Å²) in [6, 6.07) is 5.05. The first kappa shape index (κ1) is 13.3. The van der Waals surface area contributed by atoms with Crippen LogP contribution >= 0.6 is 0 Å². The molecule has 2 rings (SSSR count). The molecule has 0 radical (unpaired) electrons. The Morgan fingerprint density at radius 2 is 2.11 bits per heavy atom. The molecule has 0 unspecified atom stereocenters. The van der Waals surface area contributed by atoms with E-state index in [0.717, 1.165) is 19.4 Å². The first-order valence-electron chi connectivity index (χ1n) is 5.99. The number of aromatic nitrogens is 3. The van der Waals surface area contributed by atoms with Crippen molar-refractivity contribution in [2.45, 2.75) is 12.8 Å². The molecule has 0 aliphatic rings. The predicted octanol–water partition coefficient (Wildman–Crippen LogP) is 0.651. The third-order valence-corrected chi connectivity index (χ3v) is 2.59. The minimum Gasteiger partial charge on any atom is -0.594 e. The standard InChI is InChI=1S/C12H16N4O3/c1-18-6-2-3-7-19-9-4-5-10-11(8-9)16(17)15-12(13)14-10/h4-5,8H,2-3,6-7H2,1H3,(H2,13,14,15). The fourth-order valence-electron chi connectivity index (χ4n) is 1.67. The highest BCUT2D eigenvalue weighted by atomic mass is 16.5. The lowest BCUT2D eigenvalue weighted by atomic mass is 10.3. The number of nitrogens with zero attached hydrogens (tertiary/aromatic N) is 3. The smallest absolute Gasteiger partial charge is 0.288 e. The second kappa shape index (κ2) is 6.14. The van der Waals surface area contributed by atoms with Gasteiger partial charge in [-0.05, 0) is 29.8 Å². The van der Waals surface area contributed by atoms with E-state index in [1.54, 1.807) is 25.3 Å². The van der Waals surface area contributed by atoms with Gasteiger partial charge in [0.1, 0.15) is 11.3 Å². The number of hydrogen-bond acceptors (Lipinski definition) is 6. The van der Waals surface area contributed by atoms with E-state index in [0.29, 0.717) is 28.2 Å². The maximum atomic E-state index is 11.6. The molecule has 0 saturated carbocycles. The van der Waals surface area contributed by atoms with E-state index in [2.05, 4.69) is 10.1 Å². The van der Waals surface area contributed by atoms with Gasteiger partial charge in [-0.2, -0.15) is 0 Å². The van der Waals surface area contributed by atoms with Crippen molar-refractivity contribution in [3.05, 3.63) is 23.4 Å². The van der Waals surface area contributed by atoms with Crippen LogP contribution in [0.4, 0.5) is 5.95 Å². The van der Waals surface area contributed by atoms with Crippen molar-refractivity contribution < 1.29 is 14.3 Å². The molecule has 0 spiro atoms. The Morgan fingerprint density at radius 3 is 2.89 bits per heavy atom. The minimum atomic E-state index is -0.0456. The van der Waals surface area contributed by atoms with Crippen LogP contribution in [-0.2, 0) is 4.74 Å². The molecule has 2 aromatic rings. The quantitative estimate of drug-likeness (QED) is 0.467. The second-order valence-corrected chi connectivity index (χ2v) is 4.04. The largest absolute Gasteiger partial charge is 0.594 e. The molecule has 7 heteroatoms. The Kier molecular flexibility index (Phi) is 4.30. The van der Waals surface area contributed by atoms with Gasteiger partial charge in [0.25, 0.3) is 11.5 Å². The number of rotatable bonds is 6. The number of methoxy groups -OCH3 is 1. The molecule has 0 aliphatic heterocycles. The molecular weight excluding hydrogens is 248 g/mol. The Balaban J connectivity index is 2.05.